The van der Waals surface area contributed by atoms with Gasteiger partial charge in [-0.05, 0) is 58.3 Å². The molecular formula is C27H59N5O14S4. The fourth-order valence-corrected chi connectivity index (χ4v) is 8.35. The smallest absolute Gasteiger partial charge is 0.333 e. The number of carboxylic acid groups (broad SMARTS) is 1. The Hall–Kier alpha value is -1.09. The van der Waals surface area contributed by atoms with Gasteiger partial charge in [-0.25, -0.2) is 0 Å². The van der Waals surface area contributed by atoms with E-state index in [0.29, 0.717) is 0 Å². The number of nitrogens with one attached hydrogen (secondary N) is 4. The van der Waals surface area contributed by atoms with Crippen molar-refractivity contribution in [3.8, 4) is 0 Å². The first kappa shape index (κ1) is 48.9. The molecule has 0 spiro atoms. The van der Waals surface area contributed by atoms with Gasteiger partial charge >= 0.3 is 47.2 Å². The van der Waals surface area contributed by atoms with Crippen molar-refractivity contribution in [3.05, 3.63) is 0 Å². The zero-order chi connectivity index (χ0) is 38.4. The molecule has 1 atom stereocenters. The van der Waals surface area contributed by atoms with Gasteiger partial charge < -0.3 is 10.8 Å². The molecule has 4 saturated carbocycles. The molecule has 23 heteroatoms. The van der Waals surface area contributed by atoms with Crippen LogP contribution in [0.1, 0.15) is 135 Å². The molecule has 4 aliphatic carbocycles. The van der Waals surface area contributed by atoms with Crippen molar-refractivity contribution in [2.45, 2.75) is 166 Å². The molecule has 0 bridgehead atoms. The van der Waals surface area contributed by atoms with Gasteiger partial charge in [-0.15, -0.1) is 0 Å². The van der Waals surface area contributed by atoms with Crippen molar-refractivity contribution >= 4 is 47.2 Å². The predicted molar refractivity (Wildman–Crippen MR) is 188 cm³/mol. The standard InChI is InChI=1S/4C6H13NO3S.C3H7NO2/c4*8-11(9,10)7-6-4-2-1-3-5-6;1-2(4)3(5)6/h4*6-7H,1-5H2,(H,8,9,10);2H,4H2,1H3,(H,5,6)/t;;;;2-/m....0/s1. The van der Waals surface area contributed by atoms with Gasteiger partial charge in [-0.2, -0.15) is 52.6 Å². The molecule has 0 aromatic rings. The van der Waals surface area contributed by atoms with E-state index in [4.69, 9.17) is 29.1 Å². The van der Waals surface area contributed by atoms with Gasteiger partial charge in [0.05, 0.1) is 0 Å². The van der Waals surface area contributed by atoms with E-state index in [2.05, 4.69) is 18.9 Å². The normalized spacial score (nSPS) is 20.9. The summed E-state index contributed by atoms with van der Waals surface area (Å²) >= 11 is 0. The van der Waals surface area contributed by atoms with Crippen LogP contribution in [0.2, 0.25) is 0 Å². The number of nitrogens with two attached hydrogens (primary N) is 1. The van der Waals surface area contributed by atoms with E-state index in [-0.39, 0.29) is 24.2 Å². The zero-order valence-electron chi connectivity index (χ0n) is 28.6. The molecule has 0 aromatic carbocycles. The van der Waals surface area contributed by atoms with Crippen LogP contribution in [0, 0.1) is 0 Å². The Morgan fingerprint density at radius 2 is 0.600 bits per heavy atom. The van der Waals surface area contributed by atoms with Gasteiger partial charge in [0, 0.05) is 24.2 Å². The fourth-order valence-electron chi connectivity index (χ4n) is 5.72. The van der Waals surface area contributed by atoms with Gasteiger partial charge in [0.2, 0.25) is 0 Å². The number of aliphatic carboxylic acids is 1. The lowest BCUT2D eigenvalue weighted by Gasteiger charge is -2.20. The van der Waals surface area contributed by atoms with Crippen LogP contribution in [-0.4, -0.2) is 93.2 Å². The van der Waals surface area contributed by atoms with Gasteiger partial charge in [-0.1, -0.05) is 77.0 Å². The second-order valence-electron chi connectivity index (χ2n) is 12.8. The Balaban J connectivity index is 0.000000609. The average molecular weight is 806 g/mol. The molecule has 0 aliphatic heterocycles. The van der Waals surface area contributed by atoms with Gasteiger partial charge in [0.15, 0.2) is 0 Å². The minimum Gasteiger partial charge on any atom is -0.480 e. The first-order chi connectivity index (χ1) is 23.0. The van der Waals surface area contributed by atoms with E-state index < -0.39 is 53.2 Å². The third-order valence-electron chi connectivity index (χ3n) is 8.07. The van der Waals surface area contributed by atoms with Crippen LogP contribution in [0.15, 0.2) is 0 Å². The van der Waals surface area contributed by atoms with E-state index in [9.17, 15) is 38.5 Å². The lowest BCUT2D eigenvalue weighted by Crippen LogP contribution is -2.35. The monoisotopic (exact) mass is 805 g/mol. The SMILES string of the molecule is C[C@H](N)C(=O)O.O=S(=O)(O)NC1CCCCC1.O=S(=O)(O)NC1CCCCC1.O=S(=O)(O)NC1CCCCC1.O=S(=O)(O)NC1CCCCC1. The summed E-state index contributed by atoms with van der Waals surface area (Å²) in [5.41, 5.74) is 4.84. The second-order valence-corrected chi connectivity index (χ2v) is 17.6. The van der Waals surface area contributed by atoms with Gasteiger partial charge in [-0.3, -0.25) is 23.0 Å². The molecule has 0 heterocycles. The Bertz CT molecular complexity index is 1160. The maximum atomic E-state index is 10.3. The van der Waals surface area contributed by atoms with E-state index in [0.717, 1.165) is 103 Å². The molecule has 4 rings (SSSR count). The highest BCUT2D eigenvalue weighted by Gasteiger charge is 2.20. The third kappa shape index (κ3) is 32.8. The number of hydrogen-bond donors (Lipinski definition) is 10. The van der Waals surface area contributed by atoms with E-state index in [1.807, 2.05) is 0 Å². The van der Waals surface area contributed by atoms with Crippen molar-refractivity contribution in [1.29, 1.82) is 0 Å². The van der Waals surface area contributed by atoms with E-state index in [1.165, 1.54) is 32.6 Å². The molecular weight excluding hydrogens is 747 g/mol. The first-order valence-electron chi connectivity index (χ1n) is 16.9. The van der Waals surface area contributed by atoms with Crippen LogP contribution in [0.5, 0.6) is 0 Å². The van der Waals surface area contributed by atoms with Crippen LogP contribution in [-0.2, 0) is 46.0 Å². The van der Waals surface area contributed by atoms with Crippen LogP contribution in [0.4, 0.5) is 0 Å². The number of hydrogen-bond acceptors (Lipinski definition) is 10. The van der Waals surface area contributed by atoms with Crippen molar-refractivity contribution in [3.63, 3.8) is 0 Å². The molecule has 50 heavy (non-hydrogen) atoms. The van der Waals surface area contributed by atoms with Crippen LogP contribution in [0.25, 0.3) is 0 Å². The highest BCUT2D eigenvalue weighted by molar-refractivity contribution is 7.84. The number of carboxylic acids is 1. The summed E-state index contributed by atoms with van der Waals surface area (Å²) in [7, 11) is -15.9. The largest absolute Gasteiger partial charge is 0.480 e. The summed E-state index contributed by atoms with van der Waals surface area (Å²) in [6.45, 7) is 1.42. The van der Waals surface area contributed by atoms with Gasteiger partial charge in [0.25, 0.3) is 0 Å². The molecule has 4 fully saturated rings. The highest BCUT2D eigenvalue weighted by atomic mass is 32.2. The van der Waals surface area contributed by atoms with Crippen molar-refractivity contribution in [2.24, 2.45) is 5.73 Å². The summed E-state index contributed by atoms with van der Waals surface area (Å²) < 4.78 is 125. The van der Waals surface area contributed by atoms with E-state index >= 15 is 0 Å². The van der Waals surface area contributed by atoms with Crippen LogP contribution < -0.4 is 24.6 Å². The second kappa shape index (κ2) is 25.0. The van der Waals surface area contributed by atoms with Crippen molar-refractivity contribution in [2.75, 3.05) is 0 Å². The maximum Gasteiger partial charge on any atom is 0.333 e. The third-order valence-corrected chi connectivity index (χ3v) is 10.6. The van der Waals surface area contributed by atoms with Crippen LogP contribution >= 0.6 is 0 Å². The van der Waals surface area contributed by atoms with E-state index in [1.54, 1.807) is 0 Å². The Morgan fingerprint density at radius 1 is 0.460 bits per heavy atom. The average Bonchev–Trinajstić information content (AvgIpc) is 2.97. The molecule has 0 radical (unpaired) electrons. The van der Waals surface area contributed by atoms with Crippen molar-refractivity contribution in [1.82, 2.24) is 18.9 Å². The summed E-state index contributed by atoms with van der Waals surface area (Å²) in [6, 6.07) is -0.903. The highest BCUT2D eigenvalue weighted by Crippen LogP contribution is 2.20. The minimum atomic E-state index is -3.97. The first-order valence-corrected chi connectivity index (χ1v) is 22.7. The number of carbonyl (C=O) groups is 1. The molecule has 300 valence electrons. The minimum absolute atomic E-state index is 0.0428. The summed E-state index contributed by atoms with van der Waals surface area (Å²) in [4.78, 5) is 9.57. The maximum absolute atomic E-state index is 10.3. The Kier molecular flexibility index (Phi) is 24.5. The molecule has 0 saturated heterocycles. The number of rotatable bonds is 9. The zero-order valence-corrected chi connectivity index (χ0v) is 31.9. The Morgan fingerprint density at radius 3 is 0.700 bits per heavy atom. The summed E-state index contributed by atoms with van der Waals surface area (Å²) in [5, 5.41) is 7.87. The molecule has 4 aliphatic rings. The summed E-state index contributed by atoms with van der Waals surface area (Å²) in [6.07, 6.45) is 19.8. The summed E-state index contributed by atoms with van der Waals surface area (Å²) in [5.74, 6) is -0.963. The van der Waals surface area contributed by atoms with Crippen molar-refractivity contribution < 1.29 is 61.8 Å². The lowest BCUT2D eigenvalue weighted by molar-refractivity contribution is -0.138. The fraction of sp³-hybridized carbons (Fsp3) is 0.963. The molecule has 0 aromatic heterocycles. The Labute approximate surface area is 298 Å². The molecule has 0 amide bonds. The topological polar surface area (TPSA) is 329 Å². The lowest BCUT2D eigenvalue weighted by atomic mass is 9.96. The molecule has 19 nitrogen and oxygen atoms in total. The predicted octanol–water partition coefficient (Wildman–Crippen LogP) is 2.26. The quantitative estimate of drug-likeness (QED) is 0.149. The van der Waals surface area contributed by atoms with Crippen LogP contribution in [0.3, 0.4) is 0 Å². The molecule has 0 unspecified atom stereocenters. The van der Waals surface area contributed by atoms with Gasteiger partial charge in [0.1, 0.15) is 6.04 Å². The molecule has 11 N–H and O–H groups in total.